The quantitative estimate of drug-likeness (QED) is 0.728. The molecule has 90 valence electrons. The van der Waals surface area contributed by atoms with Gasteiger partial charge in [-0.25, -0.2) is 4.98 Å². The van der Waals surface area contributed by atoms with Crippen LogP contribution in [-0.4, -0.2) is 11.6 Å². The van der Waals surface area contributed by atoms with E-state index in [1.807, 2.05) is 12.1 Å². The van der Waals surface area contributed by atoms with E-state index >= 15 is 0 Å². The summed E-state index contributed by atoms with van der Waals surface area (Å²) in [4.78, 5) is 4.47. The molecule has 1 aromatic rings. The summed E-state index contributed by atoms with van der Waals surface area (Å²) in [5.74, 6) is 2.09. The first-order chi connectivity index (χ1) is 7.52. The zero-order valence-electron chi connectivity index (χ0n) is 10.5. The van der Waals surface area contributed by atoms with Gasteiger partial charge in [0.2, 0.25) is 5.88 Å². The number of ether oxygens (including phenoxy) is 1. The van der Waals surface area contributed by atoms with Gasteiger partial charge in [0.25, 0.3) is 0 Å². The summed E-state index contributed by atoms with van der Waals surface area (Å²) in [5.41, 5.74) is 2.11. The van der Waals surface area contributed by atoms with Crippen molar-refractivity contribution >= 4 is 11.6 Å². The summed E-state index contributed by atoms with van der Waals surface area (Å²) < 4.78 is 5.63. The summed E-state index contributed by atoms with van der Waals surface area (Å²) in [6.45, 7) is 9.17. The second-order valence-electron chi connectivity index (χ2n) is 4.73. The number of rotatable bonds is 5. The van der Waals surface area contributed by atoms with Crippen LogP contribution in [0.4, 0.5) is 0 Å². The maximum absolute atomic E-state index is 5.85. The Labute approximate surface area is 103 Å². The second kappa shape index (κ2) is 6.09. The molecule has 3 heteroatoms. The number of aromatic nitrogens is 1. The van der Waals surface area contributed by atoms with E-state index < -0.39 is 0 Å². The maximum Gasteiger partial charge on any atom is 0.213 e. The van der Waals surface area contributed by atoms with E-state index in [-0.39, 0.29) is 0 Å². The van der Waals surface area contributed by atoms with E-state index in [1.165, 1.54) is 0 Å². The molecule has 0 amide bonds. The fourth-order valence-electron chi connectivity index (χ4n) is 1.28. The molecule has 0 bridgehead atoms. The Hall–Kier alpha value is -0.760. The van der Waals surface area contributed by atoms with Crippen LogP contribution < -0.4 is 4.74 Å². The summed E-state index contributed by atoms with van der Waals surface area (Å²) in [6.07, 6.45) is 0. The highest BCUT2D eigenvalue weighted by atomic mass is 35.5. The van der Waals surface area contributed by atoms with Crippen LogP contribution in [0.5, 0.6) is 5.88 Å². The molecule has 0 atom stereocenters. The molecule has 0 aliphatic rings. The van der Waals surface area contributed by atoms with Gasteiger partial charge in [-0.1, -0.05) is 27.7 Å². The molecule has 0 unspecified atom stereocenters. The zero-order chi connectivity index (χ0) is 12.1. The van der Waals surface area contributed by atoms with Gasteiger partial charge in [-0.05, 0) is 23.5 Å². The molecule has 0 aromatic carbocycles. The largest absolute Gasteiger partial charge is 0.477 e. The summed E-state index contributed by atoms with van der Waals surface area (Å²) in [7, 11) is 0. The summed E-state index contributed by atoms with van der Waals surface area (Å²) >= 11 is 5.85. The van der Waals surface area contributed by atoms with Gasteiger partial charge in [-0.15, -0.1) is 11.6 Å². The fourth-order valence-corrected chi connectivity index (χ4v) is 1.44. The Bertz CT molecular complexity index is 337. The van der Waals surface area contributed by atoms with Gasteiger partial charge in [0.05, 0.1) is 6.61 Å². The summed E-state index contributed by atoms with van der Waals surface area (Å²) in [6, 6.07) is 3.96. The highest BCUT2D eigenvalue weighted by molar-refractivity contribution is 6.17. The van der Waals surface area contributed by atoms with Crippen LogP contribution in [0.25, 0.3) is 0 Å². The van der Waals surface area contributed by atoms with Crippen LogP contribution in [-0.2, 0) is 5.88 Å². The van der Waals surface area contributed by atoms with E-state index in [0.29, 0.717) is 30.2 Å². The monoisotopic (exact) mass is 241 g/mol. The van der Waals surface area contributed by atoms with Gasteiger partial charge in [-0.3, -0.25) is 0 Å². The molecule has 0 fully saturated rings. The molecule has 16 heavy (non-hydrogen) atoms. The molecule has 0 saturated carbocycles. The third kappa shape index (κ3) is 4.01. The minimum atomic E-state index is 0.393. The Kier molecular flexibility index (Phi) is 5.07. The van der Waals surface area contributed by atoms with Crippen LogP contribution in [0.1, 0.15) is 44.9 Å². The van der Waals surface area contributed by atoms with Crippen molar-refractivity contribution in [1.29, 1.82) is 0 Å². The van der Waals surface area contributed by atoms with Crippen molar-refractivity contribution in [2.24, 2.45) is 5.92 Å². The normalized spacial score (nSPS) is 11.2. The van der Waals surface area contributed by atoms with Crippen molar-refractivity contribution in [3.63, 3.8) is 0 Å². The van der Waals surface area contributed by atoms with Gasteiger partial charge < -0.3 is 4.74 Å². The zero-order valence-corrected chi connectivity index (χ0v) is 11.2. The van der Waals surface area contributed by atoms with Gasteiger partial charge in [0.15, 0.2) is 0 Å². The van der Waals surface area contributed by atoms with Crippen molar-refractivity contribution in [3.05, 3.63) is 23.4 Å². The van der Waals surface area contributed by atoms with Gasteiger partial charge in [0, 0.05) is 17.6 Å². The lowest BCUT2D eigenvalue weighted by molar-refractivity contribution is 0.260. The minimum absolute atomic E-state index is 0.393. The Morgan fingerprint density at radius 3 is 2.44 bits per heavy atom. The van der Waals surface area contributed by atoms with Crippen molar-refractivity contribution < 1.29 is 4.74 Å². The molecule has 0 spiro atoms. The highest BCUT2D eigenvalue weighted by Crippen LogP contribution is 2.20. The summed E-state index contributed by atoms with van der Waals surface area (Å²) in [5, 5.41) is 0. The number of hydrogen-bond donors (Lipinski definition) is 0. The smallest absolute Gasteiger partial charge is 0.213 e. The van der Waals surface area contributed by atoms with E-state index in [1.54, 1.807) is 0 Å². The van der Waals surface area contributed by atoms with Crippen molar-refractivity contribution in [2.45, 2.75) is 39.5 Å². The molecule has 0 aliphatic heterocycles. The van der Waals surface area contributed by atoms with Gasteiger partial charge in [-0.2, -0.15) is 0 Å². The fraction of sp³-hybridized carbons (Fsp3) is 0.615. The third-order valence-corrected chi connectivity index (χ3v) is 2.50. The number of pyridine rings is 1. The Balaban J connectivity index is 2.86. The molecule has 0 N–H and O–H groups in total. The van der Waals surface area contributed by atoms with E-state index in [9.17, 15) is 0 Å². The number of alkyl halides is 1. The highest BCUT2D eigenvalue weighted by Gasteiger charge is 2.07. The van der Waals surface area contributed by atoms with Crippen LogP contribution >= 0.6 is 11.6 Å². The molecule has 2 nitrogen and oxygen atoms in total. The molecule has 0 aliphatic carbocycles. The number of nitrogens with zero attached hydrogens (tertiary/aromatic N) is 1. The van der Waals surface area contributed by atoms with Crippen molar-refractivity contribution in [2.75, 3.05) is 6.61 Å². The van der Waals surface area contributed by atoms with Crippen LogP contribution in [0.2, 0.25) is 0 Å². The molecule has 1 heterocycles. The second-order valence-corrected chi connectivity index (χ2v) is 5.00. The minimum Gasteiger partial charge on any atom is -0.477 e. The predicted octanol–water partition coefficient (Wildman–Crippen LogP) is 3.98. The van der Waals surface area contributed by atoms with E-state index in [4.69, 9.17) is 16.3 Å². The molecule has 0 saturated heterocycles. The van der Waals surface area contributed by atoms with E-state index in [0.717, 1.165) is 11.3 Å². The molecular weight excluding hydrogens is 222 g/mol. The number of halogens is 1. The molecule has 1 aromatic heterocycles. The van der Waals surface area contributed by atoms with Crippen LogP contribution in [0.15, 0.2) is 12.1 Å². The lowest BCUT2D eigenvalue weighted by Gasteiger charge is -2.12. The first kappa shape index (κ1) is 13.3. The number of hydrogen-bond acceptors (Lipinski definition) is 2. The maximum atomic E-state index is 5.85. The average molecular weight is 242 g/mol. The van der Waals surface area contributed by atoms with Gasteiger partial charge >= 0.3 is 0 Å². The molecule has 1 rings (SSSR count). The first-order valence-electron chi connectivity index (χ1n) is 5.72. The predicted molar refractivity (Wildman–Crippen MR) is 68.2 cm³/mol. The van der Waals surface area contributed by atoms with Crippen molar-refractivity contribution in [3.8, 4) is 5.88 Å². The Morgan fingerprint density at radius 1 is 1.25 bits per heavy atom. The van der Waals surface area contributed by atoms with Crippen LogP contribution in [0, 0.1) is 5.92 Å². The molecule has 0 radical (unpaired) electrons. The molecular formula is C13H20ClNO. The lowest BCUT2D eigenvalue weighted by Crippen LogP contribution is -2.07. The average Bonchev–Trinajstić information content (AvgIpc) is 2.25. The lowest BCUT2D eigenvalue weighted by atomic mass is 10.1. The van der Waals surface area contributed by atoms with Gasteiger partial charge in [0.1, 0.15) is 0 Å². The SMILES string of the molecule is CC(C)COc1cc(CCl)cc(C(C)C)n1. The van der Waals surface area contributed by atoms with Crippen LogP contribution in [0.3, 0.4) is 0 Å². The topological polar surface area (TPSA) is 22.1 Å². The Morgan fingerprint density at radius 2 is 1.94 bits per heavy atom. The first-order valence-corrected chi connectivity index (χ1v) is 6.26. The van der Waals surface area contributed by atoms with E-state index in [2.05, 4.69) is 32.7 Å². The van der Waals surface area contributed by atoms with Crippen molar-refractivity contribution in [1.82, 2.24) is 4.98 Å². The third-order valence-electron chi connectivity index (χ3n) is 2.19. The standard InChI is InChI=1S/C13H20ClNO/c1-9(2)8-16-13-6-11(7-14)5-12(15-13)10(3)4/h5-6,9-10H,7-8H2,1-4H3.